The van der Waals surface area contributed by atoms with Crippen LogP contribution in [-0.2, 0) is 38.5 Å². The van der Waals surface area contributed by atoms with Crippen molar-refractivity contribution >= 4 is 40.1 Å². The molecular weight excluding hydrogens is 680 g/mol. The molecule has 14 heteroatoms. The normalized spacial score (nSPS) is 20.2. The zero-order valence-corrected chi connectivity index (χ0v) is 28.3. The van der Waals surface area contributed by atoms with E-state index in [1.54, 1.807) is 73.7 Å². The molecule has 1 saturated heterocycles. The minimum absolute atomic E-state index is 0.0698. The van der Waals surface area contributed by atoms with Gasteiger partial charge in [-0.25, -0.2) is 19.2 Å². The fourth-order valence-corrected chi connectivity index (χ4v) is 5.89. The van der Waals surface area contributed by atoms with Gasteiger partial charge in [0, 0.05) is 6.92 Å². The summed E-state index contributed by atoms with van der Waals surface area (Å²) in [5.74, 6) is -3.27. The minimum atomic E-state index is -4.15. The molecule has 0 saturated carbocycles. The first kappa shape index (κ1) is 36.4. The highest BCUT2D eigenvalue weighted by Gasteiger charge is 2.52. The van der Waals surface area contributed by atoms with Gasteiger partial charge in [0.25, 0.3) is 10.0 Å². The number of nitrogens with one attached hydrogen (secondary N) is 1. The van der Waals surface area contributed by atoms with Crippen LogP contribution in [0.15, 0.2) is 125 Å². The van der Waals surface area contributed by atoms with Crippen molar-refractivity contribution in [1.82, 2.24) is 4.83 Å². The quantitative estimate of drug-likeness (QED) is 0.0962. The molecule has 0 aliphatic carbocycles. The van der Waals surface area contributed by atoms with Crippen LogP contribution in [-0.4, -0.2) is 75.6 Å². The first-order valence-electron chi connectivity index (χ1n) is 15.7. The smallest absolute Gasteiger partial charge is 0.338 e. The molecule has 5 rings (SSSR count). The van der Waals surface area contributed by atoms with Gasteiger partial charge >= 0.3 is 23.9 Å². The molecule has 264 valence electrons. The van der Waals surface area contributed by atoms with Gasteiger partial charge in [-0.2, -0.15) is 13.5 Å². The number of aryl methyl sites for hydroxylation is 1. The molecule has 0 aromatic heterocycles. The molecular formula is C37H34N2O11S. The number of carbonyl (C=O) groups excluding carboxylic acids is 4. The van der Waals surface area contributed by atoms with Gasteiger partial charge < -0.3 is 23.7 Å². The number of hydrogen-bond acceptors (Lipinski definition) is 12. The van der Waals surface area contributed by atoms with E-state index in [4.69, 9.17) is 23.7 Å². The SMILES string of the molecule is CC(=O)O[C@@H]1[C@@H](OC(=O)c2ccccc2)[C@H](OC(=O)c2ccccc2)[C@@H](COC(=O)c2ccccc2)O[C@H]1C=NNS(=O)(=O)c1ccc(C)cc1. The largest absolute Gasteiger partial charge is 0.459 e. The zero-order chi connectivity index (χ0) is 36.4. The average molecular weight is 715 g/mol. The summed E-state index contributed by atoms with van der Waals surface area (Å²) < 4.78 is 55.0. The van der Waals surface area contributed by atoms with E-state index in [2.05, 4.69) is 9.93 Å². The van der Waals surface area contributed by atoms with Gasteiger partial charge in [0.2, 0.25) is 0 Å². The summed E-state index contributed by atoms with van der Waals surface area (Å²) in [6, 6.07) is 29.9. The van der Waals surface area contributed by atoms with Gasteiger partial charge in [0.15, 0.2) is 18.3 Å². The number of hydrogen-bond donors (Lipinski definition) is 1. The molecule has 0 unspecified atom stereocenters. The summed E-state index contributed by atoms with van der Waals surface area (Å²) in [7, 11) is -4.15. The van der Waals surface area contributed by atoms with Crippen LogP contribution in [0.25, 0.3) is 0 Å². The fraction of sp³-hybridized carbons (Fsp3) is 0.216. The van der Waals surface area contributed by atoms with E-state index in [-0.39, 0.29) is 21.6 Å². The Morgan fingerprint density at radius 3 is 1.69 bits per heavy atom. The molecule has 13 nitrogen and oxygen atoms in total. The Balaban J connectivity index is 1.52. The monoisotopic (exact) mass is 714 g/mol. The molecule has 4 aromatic carbocycles. The standard InChI is InChI=1S/C37H34N2O11S/c1-24-18-20-29(21-19-24)51(44,45)39-38-22-30-32(47-25(2)40)34(50-37(43)28-16-10-5-11-17-28)33(49-36(42)27-14-8-4-9-15-27)31(48-30)23-46-35(41)26-12-6-3-7-13-26/h3-22,30-34,39H,23H2,1-2H3/t30-,31+,32-,33+,34+/m0/s1. The number of hydrazone groups is 1. The van der Waals surface area contributed by atoms with Gasteiger partial charge in [-0.1, -0.05) is 72.3 Å². The van der Waals surface area contributed by atoms with Gasteiger partial charge in [-0.3, -0.25) is 4.79 Å². The van der Waals surface area contributed by atoms with E-state index >= 15 is 0 Å². The first-order valence-corrected chi connectivity index (χ1v) is 17.2. The molecule has 1 fully saturated rings. The predicted octanol–water partition coefficient (Wildman–Crippen LogP) is 4.27. The molecule has 5 atom stereocenters. The number of benzene rings is 4. The van der Waals surface area contributed by atoms with Crippen molar-refractivity contribution in [2.75, 3.05) is 6.61 Å². The summed E-state index contributed by atoms with van der Waals surface area (Å²) in [6.07, 6.45) is -6.39. The Kier molecular flexibility index (Phi) is 11.9. The summed E-state index contributed by atoms with van der Waals surface area (Å²) in [5, 5.41) is 3.87. The summed E-state index contributed by atoms with van der Waals surface area (Å²) in [6.45, 7) is 2.37. The van der Waals surface area contributed by atoms with Crippen molar-refractivity contribution in [3.05, 3.63) is 138 Å². The van der Waals surface area contributed by atoms with Crippen LogP contribution in [0.4, 0.5) is 0 Å². The van der Waals surface area contributed by atoms with Crippen molar-refractivity contribution < 1.29 is 51.3 Å². The van der Waals surface area contributed by atoms with Crippen molar-refractivity contribution in [1.29, 1.82) is 0 Å². The number of sulfonamides is 1. The van der Waals surface area contributed by atoms with E-state index in [9.17, 15) is 27.6 Å². The highest BCUT2D eigenvalue weighted by atomic mass is 32.2. The Hall–Kier alpha value is -5.86. The second-order valence-electron chi connectivity index (χ2n) is 11.3. The topological polar surface area (TPSA) is 173 Å². The van der Waals surface area contributed by atoms with Gasteiger partial charge in [-0.15, -0.1) is 0 Å². The number of nitrogens with zero attached hydrogens (tertiary/aromatic N) is 1. The molecule has 1 aliphatic rings. The van der Waals surface area contributed by atoms with Crippen molar-refractivity contribution in [2.24, 2.45) is 5.10 Å². The first-order chi connectivity index (χ1) is 24.5. The van der Waals surface area contributed by atoms with E-state index in [0.29, 0.717) is 0 Å². The molecule has 0 amide bonds. The van der Waals surface area contributed by atoms with Crippen LogP contribution in [0.2, 0.25) is 0 Å². The molecule has 0 radical (unpaired) electrons. The zero-order valence-electron chi connectivity index (χ0n) is 27.5. The molecule has 4 aromatic rings. The molecule has 1 N–H and O–H groups in total. The average Bonchev–Trinajstić information content (AvgIpc) is 3.13. The van der Waals surface area contributed by atoms with E-state index in [1.807, 2.05) is 0 Å². The lowest BCUT2D eigenvalue weighted by Crippen LogP contribution is -2.63. The second kappa shape index (κ2) is 16.7. The Bertz CT molecular complexity index is 1960. The molecule has 1 aliphatic heterocycles. The Morgan fingerprint density at radius 1 is 0.686 bits per heavy atom. The van der Waals surface area contributed by atoms with Crippen LogP contribution in [0.1, 0.15) is 43.6 Å². The van der Waals surface area contributed by atoms with Crippen molar-refractivity contribution in [3.8, 4) is 0 Å². The van der Waals surface area contributed by atoms with Gasteiger partial charge in [0.1, 0.15) is 18.8 Å². The molecule has 0 bridgehead atoms. The van der Waals surface area contributed by atoms with Crippen LogP contribution >= 0.6 is 0 Å². The summed E-state index contributed by atoms with van der Waals surface area (Å²) in [4.78, 5) is 54.4. The van der Waals surface area contributed by atoms with E-state index in [0.717, 1.165) is 18.7 Å². The number of ether oxygens (including phenoxy) is 5. The lowest BCUT2D eigenvalue weighted by molar-refractivity contribution is -0.222. The second-order valence-corrected chi connectivity index (χ2v) is 13.0. The van der Waals surface area contributed by atoms with E-state index < -0.39 is 71.0 Å². The van der Waals surface area contributed by atoms with Crippen LogP contribution in [0, 0.1) is 6.92 Å². The Labute approximate surface area is 294 Å². The van der Waals surface area contributed by atoms with Gasteiger partial charge in [0.05, 0.1) is 27.8 Å². The highest BCUT2D eigenvalue weighted by Crippen LogP contribution is 2.30. The third-order valence-corrected chi connectivity index (χ3v) is 8.83. The summed E-state index contributed by atoms with van der Waals surface area (Å²) in [5.41, 5.74) is 1.33. The highest BCUT2D eigenvalue weighted by molar-refractivity contribution is 7.89. The molecule has 51 heavy (non-hydrogen) atoms. The minimum Gasteiger partial charge on any atom is -0.459 e. The van der Waals surface area contributed by atoms with Crippen LogP contribution < -0.4 is 4.83 Å². The third kappa shape index (κ3) is 9.65. The number of rotatable bonds is 12. The molecule has 0 spiro atoms. The molecule has 1 heterocycles. The van der Waals surface area contributed by atoms with Crippen molar-refractivity contribution in [2.45, 2.75) is 49.3 Å². The predicted molar refractivity (Wildman–Crippen MR) is 182 cm³/mol. The van der Waals surface area contributed by atoms with E-state index in [1.165, 1.54) is 48.5 Å². The lowest BCUT2D eigenvalue weighted by atomic mass is 9.94. The fourth-order valence-electron chi connectivity index (χ4n) is 5.09. The number of esters is 4. The van der Waals surface area contributed by atoms with Crippen LogP contribution in [0.5, 0.6) is 0 Å². The lowest BCUT2D eigenvalue weighted by Gasteiger charge is -2.43. The maximum absolute atomic E-state index is 13.5. The number of carbonyl (C=O) groups is 4. The maximum atomic E-state index is 13.5. The maximum Gasteiger partial charge on any atom is 0.338 e. The third-order valence-electron chi connectivity index (χ3n) is 7.59. The Morgan fingerprint density at radius 2 is 1.18 bits per heavy atom. The summed E-state index contributed by atoms with van der Waals surface area (Å²) >= 11 is 0. The van der Waals surface area contributed by atoms with Gasteiger partial charge in [-0.05, 0) is 55.5 Å². The van der Waals surface area contributed by atoms with Crippen molar-refractivity contribution in [3.63, 3.8) is 0 Å². The van der Waals surface area contributed by atoms with Crippen LogP contribution in [0.3, 0.4) is 0 Å².